The van der Waals surface area contributed by atoms with Crippen LogP contribution in [0.15, 0.2) is 54.6 Å². The molecule has 2 aromatic carbocycles. The molecule has 6 heteroatoms. The molecule has 1 aliphatic heterocycles. The third-order valence-electron chi connectivity index (χ3n) is 6.58. The van der Waals surface area contributed by atoms with Gasteiger partial charge < -0.3 is 5.11 Å². The molecule has 2 heterocycles. The van der Waals surface area contributed by atoms with Crippen molar-refractivity contribution in [3.8, 4) is 5.69 Å². The van der Waals surface area contributed by atoms with Crippen molar-refractivity contribution in [1.29, 1.82) is 0 Å². The number of aryl methyl sites for hydroxylation is 1. The monoisotopic (exact) mass is 436 g/mol. The molecule has 1 aromatic heterocycles. The van der Waals surface area contributed by atoms with Crippen molar-refractivity contribution in [3.05, 3.63) is 82.9 Å². The predicted octanol–water partition coefficient (Wildman–Crippen LogP) is 3.74. The molecule has 1 fully saturated rings. The van der Waals surface area contributed by atoms with Gasteiger partial charge in [-0.3, -0.25) is 9.80 Å². The van der Waals surface area contributed by atoms with E-state index in [0.717, 1.165) is 62.6 Å². The standard InChI is InChI=1S/C26H33FN4O/c1-20-26(21(2)31(28-20)24-10-8-23(27)9-11-24)19-29-15-16-30(25(18-29)13-17-32)14-12-22-6-4-3-5-7-22/h3-11,25,32H,12-19H2,1-2H3/t25-/m1/s1. The summed E-state index contributed by atoms with van der Waals surface area (Å²) in [4.78, 5) is 5.01. The zero-order valence-corrected chi connectivity index (χ0v) is 19.0. The fraction of sp³-hybridized carbons (Fsp3) is 0.423. The molecule has 32 heavy (non-hydrogen) atoms. The van der Waals surface area contributed by atoms with Gasteiger partial charge in [0.05, 0.1) is 11.4 Å². The normalized spacial score (nSPS) is 17.7. The van der Waals surface area contributed by atoms with E-state index < -0.39 is 0 Å². The van der Waals surface area contributed by atoms with E-state index in [0.29, 0.717) is 6.04 Å². The Morgan fingerprint density at radius 1 is 1.03 bits per heavy atom. The van der Waals surface area contributed by atoms with Crippen LogP contribution in [-0.4, -0.2) is 63.5 Å². The SMILES string of the molecule is Cc1nn(-c2ccc(F)cc2)c(C)c1CN1CCN(CCc2ccccc2)[C@H](CCO)C1. The number of nitrogens with zero attached hydrogens (tertiary/aromatic N) is 4. The number of benzene rings is 2. The van der Waals surface area contributed by atoms with Crippen molar-refractivity contribution in [2.45, 2.75) is 39.3 Å². The van der Waals surface area contributed by atoms with Gasteiger partial charge in [0.2, 0.25) is 0 Å². The molecular formula is C26H33FN4O. The topological polar surface area (TPSA) is 44.5 Å². The smallest absolute Gasteiger partial charge is 0.123 e. The van der Waals surface area contributed by atoms with Crippen LogP contribution in [0.25, 0.3) is 5.69 Å². The molecule has 0 bridgehead atoms. The second-order valence-electron chi connectivity index (χ2n) is 8.71. The molecule has 0 unspecified atom stereocenters. The van der Waals surface area contributed by atoms with Crippen LogP contribution in [0.1, 0.15) is 28.9 Å². The lowest BCUT2D eigenvalue weighted by Gasteiger charge is -2.41. The number of hydrogen-bond acceptors (Lipinski definition) is 4. The Balaban J connectivity index is 1.42. The molecular weight excluding hydrogens is 403 g/mol. The molecule has 5 nitrogen and oxygen atoms in total. The minimum Gasteiger partial charge on any atom is -0.396 e. The first-order valence-corrected chi connectivity index (χ1v) is 11.5. The highest BCUT2D eigenvalue weighted by Crippen LogP contribution is 2.22. The van der Waals surface area contributed by atoms with E-state index in [9.17, 15) is 9.50 Å². The van der Waals surface area contributed by atoms with Gasteiger partial charge in [0, 0.05) is 56.6 Å². The van der Waals surface area contributed by atoms with Crippen LogP contribution in [-0.2, 0) is 13.0 Å². The maximum absolute atomic E-state index is 13.3. The number of aliphatic hydroxyl groups is 1. The van der Waals surface area contributed by atoms with Gasteiger partial charge in [-0.2, -0.15) is 5.10 Å². The average Bonchev–Trinajstić information content (AvgIpc) is 3.08. The summed E-state index contributed by atoms with van der Waals surface area (Å²) in [5.74, 6) is -0.240. The number of aliphatic hydroxyl groups excluding tert-OH is 1. The number of piperazine rings is 1. The molecule has 4 rings (SSSR count). The average molecular weight is 437 g/mol. The summed E-state index contributed by atoms with van der Waals surface area (Å²) < 4.78 is 15.2. The van der Waals surface area contributed by atoms with Crippen LogP contribution >= 0.6 is 0 Å². The van der Waals surface area contributed by atoms with Gasteiger partial charge in [-0.15, -0.1) is 0 Å². The second-order valence-corrected chi connectivity index (χ2v) is 8.71. The molecule has 1 aliphatic rings. The lowest BCUT2D eigenvalue weighted by molar-refractivity contribution is 0.0560. The quantitative estimate of drug-likeness (QED) is 0.584. The molecule has 0 spiro atoms. The van der Waals surface area contributed by atoms with Gasteiger partial charge in [-0.05, 0) is 56.5 Å². The van der Waals surface area contributed by atoms with Crippen LogP contribution < -0.4 is 0 Å². The summed E-state index contributed by atoms with van der Waals surface area (Å²) in [6.07, 6.45) is 1.82. The minimum atomic E-state index is -0.240. The number of aromatic nitrogens is 2. The highest BCUT2D eigenvalue weighted by atomic mass is 19.1. The Bertz CT molecular complexity index is 1000. The molecule has 0 aliphatic carbocycles. The van der Waals surface area contributed by atoms with Crippen molar-refractivity contribution in [1.82, 2.24) is 19.6 Å². The van der Waals surface area contributed by atoms with Crippen molar-refractivity contribution in [2.75, 3.05) is 32.8 Å². The molecule has 0 radical (unpaired) electrons. The highest BCUT2D eigenvalue weighted by Gasteiger charge is 2.27. The summed E-state index contributed by atoms with van der Waals surface area (Å²) >= 11 is 0. The third-order valence-corrected chi connectivity index (χ3v) is 6.58. The molecule has 1 N–H and O–H groups in total. The van der Waals surface area contributed by atoms with Crippen LogP contribution in [0.3, 0.4) is 0 Å². The Hall–Kier alpha value is -2.54. The van der Waals surface area contributed by atoms with Crippen molar-refractivity contribution in [2.24, 2.45) is 0 Å². The fourth-order valence-corrected chi connectivity index (χ4v) is 4.70. The van der Waals surface area contributed by atoms with Crippen LogP contribution in [0.5, 0.6) is 0 Å². The fourth-order valence-electron chi connectivity index (χ4n) is 4.70. The Morgan fingerprint density at radius 3 is 2.50 bits per heavy atom. The van der Waals surface area contributed by atoms with Gasteiger partial charge in [0.1, 0.15) is 5.82 Å². The highest BCUT2D eigenvalue weighted by molar-refractivity contribution is 5.37. The predicted molar refractivity (Wildman–Crippen MR) is 125 cm³/mol. The van der Waals surface area contributed by atoms with Gasteiger partial charge in [0.25, 0.3) is 0 Å². The van der Waals surface area contributed by atoms with E-state index in [2.05, 4.69) is 47.1 Å². The maximum Gasteiger partial charge on any atom is 0.123 e. The molecule has 1 atom stereocenters. The van der Waals surface area contributed by atoms with Crippen molar-refractivity contribution >= 4 is 0 Å². The van der Waals surface area contributed by atoms with E-state index in [1.807, 2.05) is 11.6 Å². The lowest BCUT2D eigenvalue weighted by atomic mass is 10.1. The molecule has 170 valence electrons. The summed E-state index contributed by atoms with van der Waals surface area (Å²) in [6.45, 7) is 9.13. The van der Waals surface area contributed by atoms with E-state index in [4.69, 9.17) is 5.10 Å². The Morgan fingerprint density at radius 2 is 1.78 bits per heavy atom. The van der Waals surface area contributed by atoms with Gasteiger partial charge in [-0.25, -0.2) is 9.07 Å². The largest absolute Gasteiger partial charge is 0.396 e. The first kappa shape index (κ1) is 22.6. The molecule has 0 saturated carbocycles. The maximum atomic E-state index is 13.3. The Kier molecular flexibility index (Phi) is 7.35. The van der Waals surface area contributed by atoms with Gasteiger partial charge >= 0.3 is 0 Å². The number of halogens is 1. The first-order chi connectivity index (χ1) is 15.5. The Labute approximate surface area is 190 Å². The summed E-state index contributed by atoms with van der Waals surface area (Å²) in [7, 11) is 0. The van der Waals surface area contributed by atoms with Crippen molar-refractivity contribution in [3.63, 3.8) is 0 Å². The molecule has 0 amide bonds. The molecule has 1 saturated heterocycles. The number of rotatable bonds is 8. The summed E-state index contributed by atoms with van der Waals surface area (Å²) in [6, 6.07) is 17.4. The molecule has 3 aromatic rings. The zero-order chi connectivity index (χ0) is 22.5. The van der Waals surface area contributed by atoms with Crippen LogP contribution in [0.2, 0.25) is 0 Å². The van der Waals surface area contributed by atoms with E-state index in [1.165, 1.54) is 23.3 Å². The van der Waals surface area contributed by atoms with Gasteiger partial charge in [-0.1, -0.05) is 30.3 Å². The van der Waals surface area contributed by atoms with Crippen LogP contribution in [0.4, 0.5) is 4.39 Å². The minimum absolute atomic E-state index is 0.209. The van der Waals surface area contributed by atoms with Gasteiger partial charge in [0.15, 0.2) is 0 Å². The van der Waals surface area contributed by atoms with Crippen molar-refractivity contribution < 1.29 is 9.50 Å². The summed E-state index contributed by atoms with van der Waals surface area (Å²) in [5, 5.41) is 14.4. The first-order valence-electron chi connectivity index (χ1n) is 11.5. The zero-order valence-electron chi connectivity index (χ0n) is 19.0. The lowest BCUT2D eigenvalue weighted by Crippen LogP contribution is -2.53. The third kappa shape index (κ3) is 5.26. The van der Waals surface area contributed by atoms with Crippen LogP contribution in [0, 0.1) is 19.7 Å². The van der Waals surface area contributed by atoms with E-state index in [-0.39, 0.29) is 12.4 Å². The van der Waals surface area contributed by atoms with E-state index >= 15 is 0 Å². The summed E-state index contributed by atoms with van der Waals surface area (Å²) in [5.41, 5.74) is 5.57. The van der Waals surface area contributed by atoms with E-state index in [1.54, 1.807) is 12.1 Å². The second kappa shape index (κ2) is 10.4. The number of hydrogen-bond donors (Lipinski definition) is 1.